The third-order valence-corrected chi connectivity index (χ3v) is 2.46. The van der Waals surface area contributed by atoms with E-state index in [0.29, 0.717) is 0 Å². The van der Waals surface area contributed by atoms with Gasteiger partial charge in [0.2, 0.25) is 10.0 Å². The standard InChI is InChI=1S/C6H9N3O3S/c1-4(10)6-5(13(7,11)12)3-8-9(6)2/h3H,1-2H3,(H2,7,11,12). The molecule has 0 unspecified atom stereocenters. The number of nitrogens with two attached hydrogens (primary N) is 1. The molecule has 6 nitrogen and oxygen atoms in total. The number of aromatic nitrogens is 2. The first-order valence-electron chi connectivity index (χ1n) is 3.39. The molecule has 1 heterocycles. The first kappa shape index (κ1) is 9.87. The van der Waals surface area contributed by atoms with Gasteiger partial charge in [0.25, 0.3) is 0 Å². The van der Waals surface area contributed by atoms with Crippen molar-refractivity contribution >= 4 is 15.8 Å². The van der Waals surface area contributed by atoms with Crippen LogP contribution in [0.3, 0.4) is 0 Å². The Morgan fingerprint density at radius 2 is 2.15 bits per heavy atom. The first-order chi connectivity index (χ1) is 5.84. The number of ketones is 1. The molecule has 1 rings (SSSR count). The van der Waals surface area contributed by atoms with Crippen molar-refractivity contribution in [2.24, 2.45) is 12.2 Å². The molecule has 0 amide bonds. The van der Waals surface area contributed by atoms with E-state index in [1.54, 1.807) is 0 Å². The Hall–Kier alpha value is -1.21. The highest BCUT2D eigenvalue weighted by Crippen LogP contribution is 2.12. The summed E-state index contributed by atoms with van der Waals surface area (Å²) >= 11 is 0. The van der Waals surface area contributed by atoms with E-state index < -0.39 is 10.0 Å². The largest absolute Gasteiger partial charge is 0.293 e. The fraction of sp³-hybridized carbons (Fsp3) is 0.333. The summed E-state index contributed by atoms with van der Waals surface area (Å²) in [5, 5.41) is 8.52. The number of aryl methyl sites for hydroxylation is 1. The van der Waals surface area contributed by atoms with Crippen LogP contribution in [0.25, 0.3) is 0 Å². The number of hydrogen-bond acceptors (Lipinski definition) is 4. The summed E-state index contributed by atoms with van der Waals surface area (Å²) in [5.41, 5.74) is 0.00231. The van der Waals surface area contributed by atoms with E-state index >= 15 is 0 Å². The Morgan fingerprint density at radius 1 is 1.62 bits per heavy atom. The monoisotopic (exact) mass is 203 g/mol. The van der Waals surface area contributed by atoms with Crippen LogP contribution in [0.4, 0.5) is 0 Å². The van der Waals surface area contributed by atoms with E-state index in [2.05, 4.69) is 5.10 Å². The Bertz CT molecular complexity index is 446. The normalized spacial score (nSPS) is 11.6. The van der Waals surface area contributed by atoms with Crippen LogP contribution in [0.15, 0.2) is 11.1 Å². The lowest BCUT2D eigenvalue weighted by molar-refractivity contribution is 0.100. The van der Waals surface area contributed by atoms with Crippen molar-refractivity contribution in [2.45, 2.75) is 11.8 Å². The van der Waals surface area contributed by atoms with Gasteiger partial charge in [0.05, 0.1) is 6.20 Å². The van der Waals surface area contributed by atoms with Gasteiger partial charge in [-0.2, -0.15) is 5.10 Å². The number of rotatable bonds is 2. The molecule has 0 spiro atoms. The van der Waals surface area contributed by atoms with Crippen molar-refractivity contribution in [1.29, 1.82) is 0 Å². The quantitative estimate of drug-likeness (QED) is 0.641. The number of nitrogens with zero attached hydrogens (tertiary/aromatic N) is 2. The van der Waals surface area contributed by atoms with Crippen LogP contribution >= 0.6 is 0 Å². The fourth-order valence-electron chi connectivity index (χ4n) is 1.03. The zero-order chi connectivity index (χ0) is 10.2. The zero-order valence-corrected chi connectivity index (χ0v) is 8.00. The lowest BCUT2D eigenvalue weighted by Gasteiger charge is -1.98. The molecule has 2 N–H and O–H groups in total. The summed E-state index contributed by atoms with van der Waals surface area (Å²) in [6.45, 7) is 1.26. The Morgan fingerprint density at radius 3 is 2.46 bits per heavy atom. The predicted octanol–water partition coefficient (Wildman–Crippen LogP) is -0.730. The number of carbonyl (C=O) groups is 1. The van der Waals surface area contributed by atoms with E-state index in [9.17, 15) is 13.2 Å². The van der Waals surface area contributed by atoms with Crippen molar-refractivity contribution in [3.05, 3.63) is 11.9 Å². The molecular weight excluding hydrogens is 194 g/mol. The molecule has 0 saturated heterocycles. The van der Waals surface area contributed by atoms with Crippen molar-refractivity contribution in [2.75, 3.05) is 0 Å². The van der Waals surface area contributed by atoms with Crippen molar-refractivity contribution in [3.63, 3.8) is 0 Å². The van der Waals surface area contributed by atoms with Gasteiger partial charge in [-0.3, -0.25) is 9.48 Å². The summed E-state index contributed by atoms with van der Waals surface area (Å²) in [6, 6.07) is 0. The molecule has 0 bridgehead atoms. The van der Waals surface area contributed by atoms with E-state index in [1.165, 1.54) is 18.7 Å². The van der Waals surface area contributed by atoms with Crippen LogP contribution in [-0.4, -0.2) is 24.0 Å². The van der Waals surface area contributed by atoms with Gasteiger partial charge in [-0.1, -0.05) is 0 Å². The fourth-order valence-corrected chi connectivity index (χ4v) is 1.77. The van der Waals surface area contributed by atoms with Crippen LogP contribution in [0.2, 0.25) is 0 Å². The average Bonchev–Trinajstić information content (AvgIpc) is 2.28. The minimum atomic E-state index is -3.86. The molecule has 0 saturated carbocycles. The highest BCUT2D eigenvalue weighted by atomic mass is 32.2. The zero-order valence-electron chi connectivity index (χ0n) is 7.18. The van der Waals surface area contributed by atoms with Gasteiger partial charge in [-0.25, -0.2) is 13.6 Å². The average molecular weight is 203 g/mol. The van der Waals surface area contributed by atoms with Crippen LogP contribution in [0.5, 0.6) is 0 Å². The van der Waals surface area contributed by atoms with E-state index in [-0.39, 0.29) is 16.4 Å². The molecule has 0 radical (unpaired) electrons. The molecule has 0 aromatic carbocycles. The molecule has 7 heteroatoms. The number of hydrogen-bond donors (Lipinski definition) is 1. The number of carbonyl (C=O) groups excluding carboxylic acids is 1. The van der Waals surface area contributed by atoms with Crippen molar-refractivity contribution < 1.29 is 13.2 Å². The summed E-state index contributed by atoms with van der Waals surface area (Å²) in [4.78, 5) is 10.8. The van der Waals surface area contributed by atoms with Gasteiger partial charge in [0.15, 0.2) is 5.78 Å². The maximum atomic E-state index is 11.0. The minimum absolute atomic E-state index is 0.00231. The minimum Gasteiger partial charge on any atom is -0.293 e. The highest BCUT2D eigenvalue weighted by molar-refractivity contribution is 7.89. The number of Topliss-reactive ketones (excluding diaryl/α,β-unsaturated/α-hetero) is 1. The van der Waals surface area contributed by atoms with Crippen molar-refractivity contribution in [1.82, 2.24) is 9.78 Å². The maximum absolute atomic E-state index is 11.0. The second-order valence-corrected chi connectivity index (χ2v) is 4.11. The number of sulfonamides is 1. The molecule has 13 heavy (non-hydrogen) atoms. The van der Waals surface area contributed by atoms with Crippen LogP contribution in [-0.2, 0) is 17.1 Å². The van der Waals surface area contributed by atoms with Gasteiger partial charge < -0.3 is 0 Å². The second kappa shape index (κ2) is 2.93. The first-order valence-corrected chi connectivity index (χ1v) is 4.94. The van der Waals surface area contributed by atoms with Gasteiger partial charge in [0, 0.05) is 14.0 Å². The molecule has 0 aliphatic carbocycles. The maximum Gasteiger partial charge on any atom is 0.241 e. The number of primary sulfonamides is 1. The second-order valence-electron chi connectivity index (χ2n) is 2.58. The smallest absolute Gasteiger partial charge is 0.241 e. The lowest BCUT2D eigenvalue weighted by atomic mass is 10.3. The summed E-state index contributed by atoms with van der Waals surface area (Å²) < 4.78 is 23.1. The predicted molar refractivity (Wildman–Crippen MR) is 44.6 cm³/mol. The summed E-state index contributed by atoms with van der Waals surface area (Å²) in [7, 11) is -2.38. The highest BCUT2D eigenvalue weighted by Gasteiger charge is 2.21. The van der Waals surface area contributed by atoms with Gasteiger partial charge in [-0.15, -0.1) is 0 Å². The molecule has 0 fully saturated rings. The van der Waals surface area contributed by atoms with Crippen LogP contribution in [0, 0.1) is 0 Å². The van der Waals surface area contributed by atoms with E-state index in [0.717, 1.165) is 6.20 Å². The van der Waals surface area contributed by atoms with Gasteiger partial charge in [0.1, 0.15) is 10.6 Å². The summed E-state index contributed by atoms with van der Waals surface area (Å²) in [5.74, 6) is -0.385. The molecular formula is C6H9N3O3S. The topological polar surface area (TPSA) is 95.1 Å². The Kier molecular flexibility index (Phi) is 2.22. The lowest BCUT2D eigenvalue weighted by Crippen LogP contribution is -2.16. The molecule has 1 aromatic rings. The summed E-state index contributed by atoms with van der Waals surface area (Å²) in [6.07, 6.45) is 1.06. The third-order valence-electron chi connectivity index (χ3n) is 1.55. The van der Waals surface area contributed by atoms with Crippen LogP contribution < -0.4 is 5.14 Å². The molecule has 0 atom stereocenters. The Balaban J connectivity index is 3.49. The molecule has 0 aliphatic heterocycles. The molecule has 1 aromatic heterocycles. The van der Waals surface area contributed by atoms with E-state index in [1.807, 2.05) is 0 Å². The SMILES string of the molecule is CC(=O)c1c(S(N)(=O)=O)cnn1C. The Labute approximate surface area is 75.4 Å². The molecule has 72 valence electrons. The van der Waals surface area contributed by atoms with Crippen molar-refractivity contribution in [3.8, 4) is 0 Å². The van der Waals surface area contributed by atoms with Gasteiger partial charge >= 0.3 is 0 Å². The van der Waals surface area contributed by atoms with E-state index in [4.69, 9.17) is 5.14 Å². The van der Waals surface area contributed by atoms with Crippen LogP contribution in [0.1, 0.15) is 17.4 Å². The van der Waals surface area contributed by atoms with Gasteiger partial charge in [-0.05, 0) is 0 Å². The third kappa shape index (κ3) is 1.76. The molecule has 0 aliphatic rings.